The fourth-order valence-corrected chi connectivity index (χ4v) is 1.78. The monoisotopic (exact) mass is 294 g/mol. The van der Waals surface area contributed by atoms with Gasteiger partial charge in [-0.1, -0.05) is 6.07 Å². The van der Waals surface area contributed by atoms with E-state index in [1.54, 1.807) is 0 Å². The molecule has 4 nitrogen and oxygen atoms in total. The van der Waals surface area contributed by atoms with Gasteiger partial charge in [0.1, 0.15) is 17.7 Å². The number of ether oxygens (including phenoxy) is 1. The lowest BCUT2D eigenvalue weighted by molar-refractivity contribution is -0.141. The second-order valence-electron chi connectivity index (χ2n) is 4.03. The molecule has 0 atom stereocenters. The molecule has 0 N–H and O–H groups in total. The van der Waals surface area contributed by atoms with Crippen LogP contribution in [0.1, 0.15) is 5.69 Å². The van der Waals surface area contributed by atoms with Gasteiger partial charge in [-0.05, 0) is 6.07 Å². The SMILES string of the molecule is O=C(CCl)N1CC(Oc2cccc(C(F)(F)F)n2)C1. The number of hydrogen-bond acceptors (Lipinski definition) is 3. The minimum atomic E-state index is -4.50. The van der Waals surface area contributed by atoms with Crippen molar-refractivity contribution in [2.24, 2.45) is 0 Å². The van der Waals surface area contributed by atoms with Gasteiger partial charge >= 0.3 is 6.18 Å². The second-order valence-corrected chi connectivity index (χ2v) is 4.30. The number of carbonyl (C=O) groups excluding carboxylic acids is 1. The summed E-state index contributed by atoms with van der Waals surface area (Å²) >= 11 is 5.37. The molecule has 0 spiro atoms. The van der Waals surface area contributed by atoms with Gasteiger partial charge < -0.3 is 9.64 Å². The van der Waals surface area contributed by atoms with Gasteiger partial charge in [0.05, 0.1) is 13.1 Å². The molecular weight excluding hydrogens is 285 g/mol. The Hall–Kier alpha value is -1.50. The topological polar surface area (TPSA) is 42.4 Å². The van der Waals surface area contributed by atoms with E-state index in [-0.39, 0.29) is 23.8 Å². The van der Waals surface area contributed by atoms with Crippen LogP contribution in [0.4, 0.5) is 13.2 Å². The summed E-state index contributed by atoms with van der Waals surface area (Å²) in [6.07, 6.45) is -4.84. The molecule has 104 valence electrons. The molecule has 1 aliphatic heterocycles. The average molecular weight is 295 g/mol. The first-order valence-electron chi connectivity index (χ1n) is 5.45. The maximum Gasteiger partial charge on any atom is 0.433 e. The fourth-order valence-electron chi connectivity index (χ4n) is 1.61. The van der Waals surface area contributed by atoms with Crippen LogP contribution in [0.15, 0.2) is 18.2 Å². The molecule has 0 aromatic carbocycles. The molecule has 19 heavy (non-hydrogen) atoms. The minimum absolute atomic E-state index is 0.0993. The van der Waals surface area contributed by atoms with Gasteiger partial charge in [0.2, 0.25) is 11.8 Å². The summed E-state index contributed by atoms with van der Waals surface area (Å²) in [5, 5.41) is 0. The van der Waals surface area contributed by atoms with E-state index in [4.69, 9.17) is 16.3 Å². The van der Waals surface area contributed by atoms with Gasteiger partial charge in [-0.2, -0.15) is 13.2 Å². The summed E-state index contributed by atoms with van der Waals surface area (Å²) < 4.78 is 42.6. The Kier molecular flexibility index (Phi) is 3.84. The standard InChI is InChI=1S/C11H10ClF3N2O2/c12-4-10(18)17-5-7(6-17)19-9-3-1-2-8(16-9)11(13,14)15/h1-3,7H,4-6H2. The lowest BCUT2D eigenvalue weighted by Gasteiger charge is -2.38. The van der Waals surface area contributed by atoms with Crippen molar-refractivity contribution in [1.82, 2.24) is 9.88 Å². The Bertz CT molecular complexity index is 475. The van der Waals surface area contributed by atoms with Crippen molar-refractivity contribution < 1.29 is 22.7 Å². The van der Waals surface area contributed by atoms with E-state index < -0.39 is 11.9 Å². The van der Waals surface area contributed by atoms with Gasteiger partial charge in [-0.25, -0.2) is 4.98 Å². The zero-order valence-electron chi connectivity index (χ0n) is 9.65. The maximum atomic E-state index is 12.4. The highest BCUT2D eigenvalue weighted by atomic mass is 35.5. The molecule has 1 saturated heterocycles. The molecule has 8 heteroatoms. The van der Waals surface area contributed by atoms with Crippen molar-refractivity contribution in [3.05, 3.63) is 23.9 Å². The Balaban J connectivity index is 1.93. The van der Waals surface area contributed by atoms with Gasteiger partial charge in [-0.3, -0.25) is 4.79 Å². The second kappa shape index (κ2) is 5.24. The number of likely N-dealkylation sites (tertiary alicyclic amines) is 1. The van der Waals surface area contributed by atoms with E-state index in [2.05, 4.69) is 4.98 Å². The van der Waals surface area contributed by atoms with E-state index in [0.29, 0.717) is 13.1 Å². The Morgan fingerprint density at radius 1 is 1.47 bits per heavy atom. The predicted octanol–water partition coefficient (Wildman–Crippen LogP) is 1.93. The number of nitrogens with zero attached hydrogens (tertiary/aromatic N) is 2. The average Bonchev–Trinajstić information content (AvgIpc) is 2.31. The first-order chi connectivity index (χ1) is 8.90. The third kappa shape index (κ3) is 3.28. The number of aromatic nitrogens is 1. The third-order valence-corrected chi connectivity index (χ3v) is 2.85. The summed E-state index contributed by atoms with van der Waals surface area (Å²) in [5.41, 5.74) is -1.00. The van der Waals surface area contributed by atoms with E-state index in [1.807, 2.05) is 0 Å². The van der Waals surface area contributed by atoms with Crippen LogP contribution in [0.25, 0.3) is 0 Å². The molecule has 1 aromatic rings. The predicted molar refractivity (Wildman–Crippen MR) is 61.0 cm³/mol. The molecule has 2 heterocycles. The fraction of sp³-hybridized carbons (Fsp3) is 0.455. The molecule has 0 bridgehead atoms. The molecular formula is C11H10ClF3N2O2. The number of pyridine rings is 1. The molecule has 0 saturated carbocycles. The highest BCUT2D eigenvalue weighted by molar-refractivity contribution is 6.27. The maximum absolute atomic E-state index is 12.4. The number of halogens is 4. The van der Waals surface area contributed by atoms with Crippen LogP contribution in [0.5, 0.6) is 5.88 Å². The van der Waals surface area contributed by atoms with E-state index in [0.717, 1.165) is 6.07 Å². The normalized spacial score (nSPS) is 16.1. The third-order valence-electron chi connectivity index (χ3n) is 2.62. The van der Waals surface area contributed by atoms with E-state index in [1.165, 1.54) is 17.0 Å². The molecule has 1 aliphatic rings. The van der Waals surface area contributed by atoms with Crippen molar-refractivity contribution in [3.8, 4) is 5.88 Å². The number of hydrogen-bond donors (Lipinski definition) is 0. The summed E-state index contributed by atoms with van der Waals surface area (Å²) in [7, 11) is 0. The molecule has 1 fully saturated rings. The molecule has 0 aliphatic carbocycles. The summed E-state index contributed by atoms with van der Waals surface area (Å²) in [6.45, 7) is 0.618. The summed E-state index contributed by atoms with van der Waals surface area (Å²) in [6, 6.07) is 3.45. The number of alkyl halides is 4. The number of amides is 1. The lowest BCUT2D eigenvalue weighted by Crippen LogP contribution is -2.56. The van der Waals surface area contributed by atoms with Crippen molar-refractivity contribution in [2.45, 2.75) is 12.3 Å². The highest BCUT2D eigenvalue weighted by Gasteiger charge is 2.34. The van der Waals surface area contributed by atoms with Crippen LogP contribution < -0.4 is 4.74 Å². The number of rotatable bonds is 3. The zero-order valence-corrected chi connectivity index (χ0v) is 10.4. The van der Waals surface area contributed by atoms with Crippen molar-refractivity contribution in [2.75, 3.05) is 19.0 Å². The van der Waals surface area contributed by atoms with Crippen molar-refractivity contribution in [3.63, 3.8) is 0 Å². The molecule has 2 rings (SSSR count). The van der Waals surface area contributed by atoms with E-state index in [9.17, 15) is 18.0 Å². The quantitative estimate of drug-likeness (QED) is 0.800. The van der Waals surface area contributed by atoms with Gasteiger partial charge in [0.15, 0.2) is 0 Å². The van der Waals surface area contributed by atoms with Crippen LogP contribution >= 0.6 is 11.6 Å². The molecule has 0 radical (unpaired) electrons. The van der Waals surface area contributed by atoms with Gasteiger partial charge in [-0.15, -0.1) is 11.6 Å². The van der Waals surface area contributed by atoms with Crippen LogP contribution in [0, 0.1) is 0 Å². The highest BCUT2D eigenvalue weighted by Crippen LogP contribution is 2.29. The molecule has 0 unspecified atom stereocenters. The Morgan fingerprint density at radius 3 is 2.74 bits per heavy atom. The largest absolute Gasteiger partial charge is 0.471 e. The zero-order chi connectivity index (χ0) is 14.0. The first kappa shape index (κ1) is 13.9. The van der Waals surface area contributed by atoms with Crippen LogP contribution in [-0.4, -0.2) is 40.9 Å². The van der Waals surface area contributed by atoms with E-state index >= 15 is 0 Å². The van der Waals surface area contributed by atoms with Crippen molar-refractivity contribution in [1.29, 1.82) is 0 Å². The van der Waals surface area contributed by atoms with Crippen molar-refractivity contribution >= 4 is 17.5 Å². The Morgan fingerprint density at radius 2 is 2.16 bits per heavy atom. The molecule has 1 amide bonds. The van der Waals surface area contributed by atoms with Crippen LogP contribution in [0.3, 0.4) is 0 Å². The number of carbonyl (C=O) groups is 1. The lowest BCUT2D eigenvalue weighted by atomic mass is 10.1. The van der Waals surface area contributed by atoms with Gasteiger partial charge in [0, 0.05) is 6.07 Å². The minimum Gasteiger partial charge on any atom is -0.471 e. The van der Waals surface area contributed by atoms with Crippen LogP contribution in [0.2, 0.25) is 0 Å². The summed E-state index contributed by atoms with van der Waals surface area (Å²) in [5.74, 6) is -0.439. The molecule has 1 aromatic heterocycles. The van der Waals surface area contributed by atoms with Crippen LogP contribution in [-0.2, 0) is 11.0 Å². The first-order valence-corrected chi connectivity index (χ1v) is 5.98. The smallest absolute Gasteiger partial charge is 0.433 e. The Labute approximate surface area is 112 Å². The van der Waals surface area contributed by atoms with Gasteiger partial charge in [0.25, 0.3) is 0 Å². The summed E-state index contributed by atoms with van der Waals surface area (Å²) in [4.78, 5) is 16.0.